The van der Waals surface area contributed by atoms with Crippen LogP contribution in [0.1, 0.15) is 5.56 Å². The highest BCUT2D eigenvalue weighted by Gasteiger charge is 2.16. The van der Waals surface area contributed by atoms with Crippen LogP contribution in [0.5, 0.6) is 0 Å². The zero-order chi connectivity index (χ0) is 19.4. The molecule has 3 rings (SSSR count). The first-order chi connectivity index (χ1) is 12.8. The summed E-state index contributed by atoms with van der Waals surface area (Å²) >= 11 is 11.7. The van der Waals surface area contributed by atoms with Crippen molar-refractivity contribution in [3.8, 4) is 0 Å². The predicted octanol–water partition coefficient (Wildman–Crippen LogP) is 4.18. The van der Waals surface area contributed by atoms with Gasteiger partial charge in [0.25, 0.3) is 10.0 Å². The first-order valence-corrected chi connectivity index (χ1v) is 9.89. The molecule has 5 nitrogen and oxygen atoms in total. The van der Waals surface area contributed by atoms with Gasteiger partial charge in [-0.2, -0.15) is 8.42 Å². The van der Waals surface area contributed by atoms with Crippen molar-refractivity contribution in [2.24, 2.45) is 9.39 Å². The highest BCUT2D eigenvalue weighted by atomic mass is 35.5. The Morgan fingerprint density at radius 1 is 0.889 bits per heavy atom. The van der Waals surface area contributed by atoms with Crippen LogP contribution in [0.4, 0.5) is 0 Å². The van der Waals surface area contributed by atoms with E-state index in [1.165, 1.54) is 30.4 Å². The summed E-state index contributed by atoms with van der Waals surface area (Å²) in [5.41, 5.74) is 0.748. The fourth-order valence-corrected chi connectivity index (χ4v) is 3.46. The maximum Gasteiger partial charge on any atom is 0.284 e. The summed E-state index contributed by atoms with van der Waals surface area (Å²) < 4.78 is 29.2. The van der Waals surface area contributed by atoms with Crippen LogP contribution in [0.15, 0.2) is 92.1 Å². The molecule has 8 heteroatoms. The number of ketones is 1. The molecule has 0 aliphatic heterocycles. The van der Waals surface area contributed by atoms with Crippen LogP contribution in [0.3, 0.4) is 0 Å². The minimum atomic E-state index is -3.99. The molecule has 0 fully saturated rings. The number of rotatable bonds is 3. The van der Waals surface area contributed by atoms with E-state index < -0.39 is 10.0 Å². The standard InChI is InChI=1S/C19H12Cl2N2O3S/c20-14-8-6-13(7-9-14)19(22-15-10-11-18(24)17(21)12-15)23-27(25,26)16-4-2-1-3-5-16/h1-12H/b22-15?,23-19+. The molecule has 1 aliphatic rings. The molecule has 0 amide bonds. The normalized spacial score (nSPS) is 16.5. The second kappa shape index (κ2) is 8.00. The first kappa shape index (κ1) is 19.2. The van der Waals surface area contributed by atoms with Crippen molar-refractivity contribution in [1.82, 2.24) is 0 Å². The Morgan fingerprint density at radius 3 is 2.19 bits per heavy atom. The van der Waals surface area contributed by atoms with Gasteiger partial charge >= 0.3 is 0 Å². The summed E-state index contributed by atoms with van der Waals surface area (Å²) in [6.07, 6.45) is 4.05. The Morgan fingerprint density at radius 2 is 1.56 bits per heavy atom. The molecule has 0 aromatic heterocycles. The number of allylic oxidation sites excluding steroid dienone is 4. The molecule has 2 aromatic carbocycles. The topological polar surface area (TPSA) is 75.9 Å². The molecule has 2 aromatic rings. The highest BCUT2D eigenvalue weighted by Crippen LogP contribution is 2.17. The smallest absolute Gasteiger partial charge is 0.284 e. The van der Waals surface area contributed by atoms with Crippen molar-refractivity contribution in [3.05, 3.63) is 88.4 Å². The van der Waals surface area contributed by atoms with Crippen molar-refractivity contribution < 1.29 is 13.2 Å². The van der Waals surface area contributed by atoms with Crippen LogP contribution in [-0.2, 0) is 14.8 Å². The summed E-state index contributed by atoms with van der Waals surface area (Å²) in [6, 6.07) is 14.2. The summed E-state index contributed by atoms with van der Waals surface area (Å²) in [5.74, 6) is -0.400. The molecule has 0 N–H and O–H groups in total. The maximum absolute atomic E-state index is 12.6. The average molecular weight is 419 g/mol. The third-order valence-electron chi connectivity index (χ3n) is 3.50. The third kappa shape index (κ3) is 4.80. The zero-order valence-electron chi connectivity index (χ0n) is 13.7. The second-order valence-electron chi connectivity index (χ2n) is 5.44. The second-order valence-corrected chi connectivity index (χ2v) is 7.88. The average Bonchev–Trinajstić information content (AvgIpc) is 2.65. The van der Waals surface area contributed by atoms with Gasteiger partial charge in [-0.15, -0.1) is 4.40 Å². The van der Waals surface area contributed by atoms with Gasteiger partial charge in [-0.25, -0.2) is 4.99 Å². The van der Waals surface area contributed by atoms with Crippen LogP contribution in [0, 0.1) is 0 Å². The number of hydrogen-bond acceptors (Lipinski definition) is 3. The van der Waals surface area contributed by atoms with Crippen molar-refractivity contribution >= 4 is 50.6 Å². The number of sulfonamides is 1. The van der Waals surface area contributed by atoms with E-state index in [1.807, 2.05) is 0 Å². The Hall–Kier alpha value is -2.54. The molecule has 0 saturated heterocycles. The number of carbonyl (C=O) groups is 1. The zero-order valence-corrected chi connectivity index (χ0v) is 16.0. The summed E-state index contributed by atoms with van der Waals surface area (Å²) in [5, 5.41) is 0.473. The molecular formula is C19H12Cl2N2O3S. The van der Waals surface area contributed by atoms with Gasteiger partial charge in [-0.05, 0) is 54.6 Å². The Bertz CT molecular complexity index is 1100. The monoisotopic (exact) mass is 418 g/mol. The Balaban J connectivity index is 2.13. The third-order valence-corrected chi connectivity index (χ3v) is 5.33. The predicted molar refractivity (Wildman–Crippen MR) is 107 cm³/mol. The van der Waals surface area contributed by atoms with Crippen LogP contribution in [0.2, 0.25) is 5.02 Å². The van der Waals surface area contributed by atoms with Gasteiger partial charge in [0.05, 0.1) is 15.6 Å². The number of halogens is 2. The maximum atomic E-state index is 12.6. The first-order valence-electron chi connectivity index (χ1n) is 7.69. The molecule has 0 unspecified atom stereocenters. The number of hydrogen-bond donors (Lipinski definition) is 0. The van der Waals surface area contributed by atoms with E-state index >= 15 is 0 Å². The van der Waals surface area contributed by atoms with Gasteiger partial charge in [0.1, 0.15) is 0 Å². The molecule has 0 saturated carbocycles. The van der Waals surface area contributed by atoms with Gasteiger partial charge in [-0.1, -0.05) is 41.4 Å². The fourth-order valence-electron chi connectivity index (χ4n) is 2.18. The van der Waals surface area contributed by atoms with E-state index in [-0.39, 0.29) is 21.5 Å². The highest BCUT2D eigenvalue weighted by molar-refractivity contribution is 7.90. The minimum Gasteiger partial charge on any atom is -0.288 e. The molecule has 0 spiro atoms. The molecule has 0 atom stereocenters. The van der Waals surface area contributed by atoms with Gasteiger partial charge < -0.3 is 0 Å². The minimum absolute atomic E-state index is 0.0161. The number of benzene rings is 2. The number of carbonyl (C=O) groups excluding carboxylic acids is 1. The van der Waals surface area contributed by atoms with E-state index in [0.717, 1.165) is 0 Å². The lowest BCUT2D eigenvalue weighted by molar-refractivity contribution is -0.110. The van der Waals surface area contributed by atoms with Gasteiger partial charge in [0, 0.05) is 10.6 Å². The van der Waals surface area contributed by atoms with Gasteiger partial charge in [0.2, 0.25) is 0 Å². The summed E-state index contributed by atoms with van der Waals surface area (Å²) in [4.78, 5) is 15.8. The number of amidine groups is 1. The van der Waals surface area contributed by atoms with Gasteiger partial charge in [0.15, 0.2) is 11.6 Å². The molecule has 1 aliphatic carbocycles. The van der Waals surface area contributed by atoms with Crippen LogP contribution >= 0.6 is 23.2 Å². The van der Waals surface area contributed by atoms with Gasteiger partial charge in [-0.3, -0.25) is 4.79 Å². The molecular weight excluding hydrogens is 407 g/mol. The van der Waals surface area contributed by atoms with E-state index in [9.17, 15) is 13.2 Å². The Kier molecular flexibility index (Phi) is 5.70. The van der Waals surface area contributed by atoms with Crippen LogP contribution in [0.25, 0.3) is 0 Å². The van der Waals surface area contributed by atoms with E-state index in [2.05, 4.69) is 9.39 Å². The molecule has 0 bridgehead atoms. The number of aliphatic imine (C=N–C) groups is 1. The van der Waals surface area contributed by atoms with E-state index in [1.54, 1.807) is 42.5 Å². The van der Waals surface area contributed by atoms with Crippen LogP contribution < -0.4 is 0 Å². The fraction of sp³-hybridized carbons (Fsp3) is 0. The largest absolute Gasteiger partial charge is 0.288 e. The quantitative estimate of drug-likeness (QED) is 0.426. The van der Waals surface area contributed by atoms with E-state index in [4.69, 9.17) is 23.2 Å². The lowest BCUT2D eigenvalue weighted by atomic mass is 10.1. The Labute approximate surface area is 166 Å². The molecule has 0 radical (unpaired) electrons. The van der Waals surface area contributed by atoms with Crippen molar-refractivity contribution in [2.45, 2.75) is 4.90 Å². The summed E-state index contributed by atoms with van der Waals surface area (Å²) in [7, 11) is -3.99. The lowest BCUT2D eigenvalue weighted by Crippen LogP contribution is -2.09. The SMILES string of the molecule is O=C1C=CC(=N/C(=N/S(=O)(=O)c2ccccc2)c2ccc(Cl)cc2)C=C1Cl. The summed E-state index contributed by atoms with van der Waals surface area (Å²) in [6.45, 7) is 0. The van der Waals surface area contributed by atoms with Crippen molar-refractivity contribution in [2.75, 3.05) is 0 Å². The molecule has 0 heterocycles. The van der Waals surface area contributed by atoms with E-state index in [0.29, 0.717) is 16.3 Å². The van der Waals surface area contributed by atoms with Crippen molar-refractivity contribution in [1.29, 1.82) is 0 Å². The molecule has 136 valence electrons. The number of nitrogens with zero attached hydrogens (tertiary/aromatic N) is 2. The van der Waals surface area contributed by atoms with Crippen molar-refractivity contribution in [3.63, 3.8) is 0 Å². The lowest BCUT2D eigenvalue weighted by Gasteiger charge is -2.06. The molecule has 27 heavy (non-hydrogen) atoms. The van der Waals surface area contributed by atoms with Crippen LogP contribution in [-0.4, -0.2) is 25.7 Å².